The molecule has 80 valence electrons. The van der Waals surface area contributed by atoms with Crippen molar-refractivity contribution in [2.75, 3.05) is 6.54 Å². The molecule has 0 aliphatic carbocycles. The summed E-state index contributed by atoms with van der Waals surface area (Å²) in [5.74, 6) is 1.48. The standard InChI is InChI=1S/C13H18N2/c14-13-9-12(10-15-13)8-4-7-11-5-2-1-3-6-11/h1-3,5-6,9,12,15H,4,7-8,10,14H2/t12-/m0/s1. The lowest BCUT2D eigenvalue weighted by atomic mass is 10.0. The molecule has 1 aromatic carbocycles. The maximum absolute atomic E-state index is 5.66. The Morgan fingerprint density at radius 1 is 1.27 bits per heavy atom. The summed E-state index contributed by atoms with van der Waals surface area (Å²) < 4.78 is 0. The van der Waals surface area contributed by atoms with Gasteiger partial charge in [0, 0.05) is 6.54 Å². The Morgan fingerprint density at radius 2 is 2.07 bits per heavy atom. The fourth-order valence-electron chi connectivity index (χ4n) is 2.02. The topological polar surface area (TPSA) is 38.0 Å². The molecule has 2 heteroatoms. The first-order chi connectivity index (χ1) is 7.34. The zero-order valence-electron chi connectivity index (χ0n) is 8.95. The molecular weight excluding hydrogens is 184 g/mol. The second kappa shape index (κ2) is 4.87. The van der Waals surface area contributed by atoms with Crippen molar-refractivity contribution in [2.24, 2.45) is 11.7 Å². The number of benzene rings is 1. The molecule has 1 heterocycles. The van der Waals surface area contributed by atoms with Crippen LogP contribution in [0.3, 0.4) is 0 Å². The molecular formula is C13H18N2. The number of aryl methyl sites for hydroxylation is 1. The summed E-state index contributed by atoms with van der Waals surface area (Å²) in [4.78, 5) is 0. The zero-order valence-corrected chi connectivity index (χ0v) is 8.95. The second-order valence-corrected chi connectivity index (χ2v) is 4.14. The predicted octanol–water partition coefficient (Wildman–Crippen LogP) is 2.03. The number of nitrogens with one attached hydrogen (secondary N) is 1. The van der Waals surface area contributed by atoms with Crippen molar-refractivity contribution in [1.82, 2.24) is 5.32 Å². The first kappa shape index (κ1) is 10.1. The van der Waals surface area contributed by atoms with Gasteiger partial charge in [-0.05, 0) is 36.8 Å². The van der Waals surface area contributed by atoms with Crippen molar-refractivity contribution in [3.05, 3.63) is 47.8 Å². The van der Waals surface area contributed by atoms with E-state index in [4.69, 9.17) is 5.73 Å². The molecule has 0 saturated heterocycles. The van der Waals surface area contributed by atoms with Crippen molar-refractivity contribution < 1.29 is 0 Å². The molecule has 2 nitrogen and oxygen atoms in total. The van der Waals surface area contributed by atoms with Gasteiger partial charge in [0.25, 0.3) is 0 Å². The Balaban J connectivity index is 1.72. The summed E-state index contributed by atoms with van der Waals surface area (Å²) in [5.41, 5.74) is 7.09. The highest BCUT2D eigenvalue weighted by Crippen LogP contribution is 2.15. The number of rotatable bonds is 4. The molecule has 0 amide bonds. The molecule has 1 aromatic rings. The third-order valence-electron chi connectivity index (χ3n) is 2.87. The monoisotopic (exact) mass is 202 g/mol. The van der Waals surface area contributed by atoms with Crippen molar-refractivity contribution >= 4 is 0 Å². The van der Waals surface area contributed by atoms with Crippen LogP contribution < -0.4 is 11.1 Å². The molecule has 0 aromatic heterocycles. The van der Waals surface area contributed by atoms with Crippen molar-refractivity contribution in [3.63, 3.8) is 0 Å². The second-order valence-electron chi connectivity index (χ2n) is 4.14. The average Bonchev–Trinajstić information content (AvgIpc) is 2.66. The van der Waals surface area contributed by atoms with Crippen molar-refractivity contribution in [2.45, 2.75) is 19.3 Å². The van der Waals surface area contributed by atoms with Crippen LogP contribution in [0, 0.1) is 5.92 Å². The van der Waals surface area contributed by atoms with E-state index in [9.17, 15) is 0 Å². The summed E-state index contributed by atoms with van der Waals surface area (Å²) in [6, 6.07) is 10.6. The first-order valence-electron chi connectivity index (χ1n) is 5.59. The molecule has 0 spiro atoms. The number of hydrogen-bond acceptors (Lipinski definition) is 2. The fraction of sp³-hybridized carbons (Fsp3) is 0.385. The molecule has 1 aliphatic rings. The van der Waals surface area contributed by atoms with Crippen LogP contribution in [0.5, 0.6) is 0 Å². The maximum atomic E-state index is 5.66. The van der Waals surface area contributed by atoms with Gasteiger partial charge in [0.1, 0.15) is 0 Å². The Kier molecular flexibility index (Phi) is 3.28. The van der Waals surface area contributed by atoms with Crippen LogP contribution in [-0.2, 0) is 6.42 Å². The van der Waals surface area contributed by atoms with Gasteiger partial charge in [-0.3, -0.25) is 0 Å². The van der Waals surface area contributed by atoms with E-state index in [0.717, 1.165) is 12.4 Å². The van der Waals surface area contributed by atoms with E-state index in [1.54, 1.807) is 0 Å². The minimum absolute atomic E-state index is 0.633. The lowest BCUT2D eigenvalue weighted by Crippen LogP contribution is -2.16. The van der Waals surface area contributed by atoms with Crippen LogP contribution in [-0.4, -0.2) is 6.54 Å². The maximum Gasteiger partial charge on any atom is 0.0922 e. The van der Waals surface area contributed by atoms with E-state index in [1.807, 2.05) is 0 Å². The molecule has 1 aliphatic heterocycles. The quantitative estimate of drug-likeness (QED) is 0.784. The van der Waals surface area contributed by atoms with Crippen LogP contribution in [0.4, 0.5) is 0 Å². The van der Waals surface area contributed by atoms with Gasteiger partial charge >= 0.3 is 0 Å². The highest BCUT2D eigenvalue weighted by molar-refractivity contribution is 5.14. The van der Waals surface area contributed by atoms with Gasteiger partial charge in [0.2, 0.25) is 0 Å². The van der Waals surface area contributed by atoms with E-state index in [2.05, 4.69) is 41.7 Å². The molecule has 2 rings (SSSR count). The molecule has 3 N–H and O–H groups in total. The lowest BCUT2D eigenvalue weighted by Gasteiger charge is -2.06. The summed E-state index contributed by atoms with van der Waals surface area (Å²) >= 11 is 0. The molecule has 15 heavy (non-hydrogen) atoms. The van der Waals surface area contributed by atoms with E-state index >= 15 is 0 Å². The Hall–Kier alpha value is -1.44. The van der Waals surface area contributed by atoms with E-state index in [0.29, 0.717) is 5.92 Å². The average molecular weight is 202 g/mol. The Bertz CT molecular complexity index is 330. The third kappa shape index (κ3) is 3.01. The van der Waals surface area contributed by atoms with Crippen LogP contribution in [0.25, 0.3) is 0 Å². The molecule has 0 unspecified atom stereocenters. The smallest absolute Gasteiger partial charge is 0.0922 e. The van der Waals surface area contributed by atoms with E-state index in [1.165, 1.54) is 24.8 Å². The highest BCUT2D eigenvalue weighted by Gasteiger charge is 2.11. The molecule has 0 bridgehead atoms. The van der Waals surface area contributed by atoms with E-state index in [-0.39, 0.29) is 0 Å². The fourth-order valence-corrected chi connectivity index (χ4v) is 2.02. The Labute approximate surface area is 91.2 Å². The number of hydrogen-bond donors (Lipinski definition) is 2. The normalized spacial score (nSPS) is 19.7. The van der Waals surface area contributed by atoms with E-state index < -0.39 is 0 Å². The third-order valence-corrected chi connectivity index (χ3v) is 2.87. The number of nitrogens with two attached hydrogens (primary N) is 1. The van der Waals surface area contributed by atoms with Crippen molar-refractivity contribution in [3.8, 4) is 0 Å². The van der Waals surface area contributed by atoms with Gasteiger partial charge < -0.3 is 11.1 Å². The lowest BCUT2D eigenvalue weighted by molar-refractivity contribution is 0.567. The molecule has 0 radical (unpaired) electrons. The molecule has 0 saturated carbocycles. The van der Waals surface area contributed by atoms with Gasteiger partial charge in [0.15, 0.2) is 0 Å². The SMILES string of the molecule is NC1=C[C@H](CCCc2ccccc2)CN1. The Morgan fingerprint density at radius 3 is 2.73 bits per heavy atom. The molecule has 1 atom stereocenters. The van der Waals surface area contributed by atoms with Gasteiger partial charge in [-0.2, -0.15) is 0 Å². The first-order valence-corrected chi connectivity index (χ1v) is 5.59. The predicted molar refractivity (Wildman–Crippen MR) is 63.1 cm³/mol. The minimum atomic E-state index is 0.633. The zero-order chi connectivity index (χ0) is 10.5. The summed E-state index contributed by atoms with van der Waals surface area (Å²) in [7, 11) is 0. The van der Waals surface area contributed by atoms with Gasteiger partial charge in [0.05, 0.1) is 5.82 Å². The van der Waals surface area contributed by atoms with Gasteiger partial charge in [-0.1, -0.05) is 30.3 Å². The summed E-state index contributed by atoms with van der Waals surface area (Å²) in [6.07, 6.45) is 5.78. The van der Waals surface area contributed by atoms with Gasteiger partial charge in [-0.25, -0.2) is 0 Å². The molecule has 0 fully saturated rings. The van der Waals surface area contributed by atoms with Crippen LogP contribution >= 0.6 is 0 Å². The minimum Gasteiger partial charge on any atom is -0.386 e. The summed E-state index contributed by atoms with van der Waals surface area (Å²) in [6.45, 7) is 1.01. The van der Waals surface area contributed by atoms with Crippen LogP contribution in [0.15, 0.2) is 42.2 Å². The van der Waals surface area contributed by atoms with Crippen molar-refractivity contribution in [1.29, 1.82) is 0 Å². The van der Waals surface area contributed by atoms with Crippen LogP contribution in [0.2, 0.25) is 0 Å². The largest absolute Gasteiger partial charge is 0.386 e. The highest BCUT2D eigenvalue weighted by atomic mass is 15.0. The summed E-state index contributed by atoms with van der Waals surface area (Å²) in [5, 5.41) is 3.16. The van der Waals surface area contributed by atoms with Gasteiger partial charge in [-0.15, -0.1) is 0 Å². The van der Waals surface area contributed by atoms with Crippen LogP contribution in [0.1, 0.15) is 18.4 Å².